The molecule has 0 aliphatic carbocycles. The van der Waals surface area contributed by atoms with Crippen molar-refractivity contribution >= 4 is 51.8 Å². The molecule has 0 spiro atoms. The van der Waals surface area contributed by atoms with Crippen LogP contribution < -0.4 is 5.19 Å². The number of fused-ring (bicyclic) bond motifs is 4. The van der Waals surface area contributed by atoms with E-state index in [0.717, 1.165) is 82.1 Å². The second-order valence-corrected chi connectivity index (χ2v) is 21.8. The molecule has 0 unspecified atom stereocenters. The number of ketones is 1. The smallest absolute Gasteiger partial charge is 0.164 e. The summed E-state index contributed by atoms with van der Waals surface area (Å²) in [5.41, 5.74) is 5.17. The summed E-state index contributed by atoms with van der Waals surface area (Å²) in [5.74, 6) is 1.30. The SMILES string of the molecule is CCC(C)(CC)C(=O)/C=C(\O)C(C)(CC)CC.Cc1c(CC(C)(C)C)oc2c1c(-c1[c-]c3ccccc3c([Si](C)(C)C)c1)nc1cccnc12.[Ir]. The van der Waals surface area contributed by atoms with Crippen molar-refractivity contribution in [1.82, 2.24) is 9.97 Å². The Labute approximate surface area is 321 Å². The summed E-state index contributed by atoms with van der Waals surface area (Å²) in [6.45, 7) is 28.2. The van der Waals surface area contributed by atoms with E-state index in [4.69, 9.17) is 9.40 Å². The zero-order chi connectivity index (χ0) is 37.2. The van der Waals surface area contributed by atoms with Crippen LogP contribution in [0, 0.1) is 29.2 Å². The Morgan fingerprint density at radius 2 is 1.53 bits per heavy atom. The molecule has 5 rings (SSSR count). The normalized spacial score (nSPS) is 12.9. The number of allylic oxidation sites excluding steroid dienone is 2. The monoisotopic (exact) mass is 884 g/mol. The first-order valence-corrected chi connectivity index (χ1v) is 21.9. The first kappa shape index (κ1) is 42.3. The Balaban J connectivity index is 0.000000335. The molecule has 7 heteroatoms. The van der Waals surface area contributed by atoms with Crippen molar-refractivity contribution in [2.24, 2.45) is 16.2 Å². The van der Waals surface area contributed by atoms with Gasteiger partial charge in [-0.25, -0.2) is 0 Å². The summed E-state index contributed by atoms with van der Waals surface area (Å²) >= 11 is 0. The van der Waals surface area contributed by atoms with Crippen molar-refractivity contribution in [2.45, 2.75) is 121 Å². The third-order valence-corrected chi connectivity index (χ3v) is 12.9. The molecule has 3 heterocycles. The van der Waals surface area contributed by atoms with Crippen molar-refractivity contribution < 1.29 is 34.4 Å². The van der Waals surface area contributed by atoms with Crippen molar-refractivity contribution in [3.8, 4) is 11.3 Å². The molecule has 0 aliphatic rings. The second kappa shape index (κ2) is 16.3. The fraction of sp³-hybridized carbons (Fsp3) is 0.477. The van der Waals surface area contributed by atoms with Crippen LogP contribution in [0.4, 0.5) is 0 Å². The standard InChI is InChI=1S/C29H31N2OSi.C15H28O2.Ir/c1-18-23(17-29(2,3)4)32-28-25(18)26(31-22-13-10-14-30-27(22)28)20-15-19-11-8-9-12-21(19)24(16-20)33(5,6)7;1-7-14(5,8-2)12(16)11-13(17)15(6,9-3)10-4;/h8-14,16H,17H2,1-7H3;11,16H,7-10H2,1-6H3;/q-1;;/b;12-11-;. The van der Waals surface area contributed by atoms with Crippen LogP contribution >= 0.6 is 0 Å². The summed E-state index contributed by atoms with van der Waals surface area (Å²) in [6.07, 6.45) is 7.43. The van der Waals surface area contributed by atoms with Crippen molar-refractivity contribution in [1.29, 1.82) is 0 Å². The number of nitrogens with zero attached hydrogens (tertiary/aromatic N) is 2. The van der Waals surface area contributed by atoms with Gasteiger partial charge in [0.05, 0.1) is 13.6 Å². The number of aryl methyl sites for hydroxylation is 1. The molecule has 277 valence electrons. The first-order chi connectivity index (χ1) is 23.3. The van der Waals surface area contributed by atoms with Crippen LogP contribution in [0.2, 0.25) is 19.6 Å². The van der Waals surface area contributed by atoms with Crippen LogP contribution in [-0.4, -0.2) is 28.9 Å². The molecule has 0 saturated carbocycles. The average molecular weight is 884 g/mol. The molecular formula is C44H59IrN2O3Si-. The van der Waals surface area contributed by atoms with Gasteiger partial charge in [0.15, 0.2) is 11.4 Å². The Hall–Kier alpha value is -3.12. The molecule has 3 aromatic heterocycles. The van der Waals surface area contributed by atoms with E-state index in [0.29, 0.717) is 0 Å². The minimum atomic E-state index is -1.61. The number of aliphatic hydroxyl groups excluding tert-OH is 1. The van der Waals surface area contributed by atoms with Crippen LogP contribution in [0.5, 0.6) is 0 Å². The molecular weight excluding hydrogens is 825 g/mol. The number of benzene rings is 2. The quantitative estimate of drug-likeness (QED) is 0.0654. The van der Waals surface area contributed by atoms with E-state index in [1.54, 1.807) is 0 Å². The molecule has 2 aromatic carbocycles. The zero-order valence-electron chi connectivity index (χ0n) is 33.2. The number of rotatable bonds is 10. The van der Waals surface area contributed by atoms with E-state index in [9.17, 15) is 9.90 Å². The maximum absolute atomic E-state index is 12.2. The van der Waals surface area contributed by atoms with Gasteiger partial charge in [-0.1, -0.05) is 111 Å². The van der Waals surface area contributed by atoms with Gasteiger partial charge in [-0.15, -0.1) is 28.8 Å². The summed E-state index contributed by atoms with van der Waals surface area (Å²) in [6, 6.07) is 18.6. The van der Waals surface area contributed by atoms with Gasteiger partial charge in [0.25, 0.3) is 0 Å². The average Bonchev–Trinajstić information content (AvgIpc) is 3.40. The third-order valence-electron chi connectivity index (χ3n) is 10.8. The second-order valence-electron chi connectivity index (χ2n) is 16.7. The minimum absolute atomic E-state index is 0. The van der Waals surface area contributed by atoms with Gasteiger partial charge in [-0.05, 0) is 55.7 Å². The molecule has 5 aromatic rings. The number of aromatic nitrogens is 2. The van der Waals surface area contributed by atoms with Crippen LogP contribution in [0.1, 0.15) is 99.3 Å². The Morgan fingerprint density at radius 1 is 0.922 bits per heavy atom. The van der Waals surface area contributed by atoms with Gasteiger partial charge < -0.3 is 9.52 Å². The van der Waals surface area contributed by atoms with E-state index in [1.165, 1.54) is 16.6 Å². The zero-order valence-corrected chi connectivity index (χ0v) is 36.6. The first-order valence-electron chi connectivity index (χ1n) is 18.4. The summed E-state index contributed by atoms with van der Waals surface area (Å²) < 4.78 is 6.53. The van der Waals surface area contributed by atoms with E-state index >= 15 is 0 Å². The van der Waals surface area contributed by atoms with Crippen molar-refractivity contribution in [3.05, 3.63) is 77.9 Å². The molecule has 5 nitrogen and oxygen atoms in total. The van der Waals surface area contributed by atoms with Crippen molar-refractivity contribution in [3.63, 3.8) is 0 Å². The van der Waals surface area contributed by atoms with Crippen LogP contribution in [0.15, 0.2) is 64.9 Å². The largest absolute Gasteiger partial charge is 0.512 e. The molecule has 1 N–H and O–H groups in total. The number of pyridine rings is 2. The molecule has 0 aliphatic heterocycles. The molecule has 1 radical (unpaired) electrons. The van der Waals surface area contributed by atoms with Gasteiger partial charge in [-0.2, -0.15) is 0 Å². The maximum Gasteiger partial charge on any atom is 0.164 e. The predicted molar refractivity (Wildman–Crippen MR) is 215 cm³/mol. The van der Waals surface area contributed by atoms with Gasteiger partial charge in [0.1, 0.15) is 17.0 Å². The minimum Gasteiger partial charge on any atom is -0.512 e. The predicted octanol–water partition coefficient (Wildman–Crippen LogP) is 12.1. The summed E-state index contributed by atoms with van der Waals surface area (Å²) in [7, 11) is -1.61. The summed E-state index contributed by atoms with van der Waals surface area (Å²) in [5, 5.41) is 15.1. The Morgan fingerprint density at radius 3 is 2.10 bits per heavy atom. The Kier molecular flexibility index (Phi) is 13.5. The number of aliphatic hydroxyl groups is 1. The van der Waals surface area contributed by atoms with Crippen LogP contribution in [0.3, 0.4) is 0 Å². The number of carbonyl (C=O) groups is 1. The van der Waals surface area contributed by atoms with Gasteiger partial charge in [0, 0.05) is 60.7 Å². The number of hydrogen-bond acceptors (Lipinski definition) is 5. The number of furan rings is 1. The fourth-order valence-corrected chi connectivity index (χ4v) is 7.96. The van der Waals surface area contributed by atoms with E-state index in [2.05, 4.69) is 88.7 Å². The fourth-order valence-electron chi connectivity index (χ4n) is 6.36. The van der Waals surface area contributed by atoms with E-state index < -0.39 is 8.07 Å². The van der Waals surface area contributed by atoms with E-state index in [-0.39, 0.29) is 47.9 Å². The number of hydrogen-bond donors (Lipinski definition) is 1. The Bertz CT molecular complexity index is 2020. The van der Waals surface area contributed by atoms with E-state index in [1.807, 2.05) is 59.9 Å². The van der Waals surface area contributed by atoms with Gasteiger partial charge in [-0.3, -0.25) is 14.8 Å². The van der Waals surface area contributed by atoms with Crippen LogP contribution in [0.25, 0.3) is 44.0 Å². The third kappa shape index (κ3) is 9.10. The van der Waals surface area contributed by atoms with Crippen LogP contribution in [-0.2, 0) is 31.3 Å². The molecule has 0 bridgehead atoms. The van der Waals surface area contributed by atoms with Gasteiger partial charge >= 0.3 is 0 Å². The molecule has 51 heavy (non-hydrogen) atoms. The maximum atomic E-state index is 12.2. The van der Waals surface area contributed by atoms with Gasteiger partial charge in [0.2, 0.25) is 0 Å². The molecule has 0 fully saturated rings. The summed E-state index contributed by atoms with van der Waals surface area (Å²) in [4.78, 5) is 22.0. The molecule has 0 amide bonds. The molecule has 0 atom stereocenters. The molecule has 0 saturated heterocycles. The van der Waals surface area contributed by atoms with Crippen molar-refractivity contribution in [2.75, 3.05) is 0 Å². The topological polar surface area (TPSA) is 76.2 Å². The number of carbonyl (C=O) groups excluding carboxylic acids is 1.